The van der Waals surface area contributed by atoms with E-state index < -0.39 is 0 Å². The Labute approximate surface area is 151 Å². The topological polar surface area (TPSA) is 75.0 Å². The number of hydrogen-bond acceptors (Lipinski definition) is 4. The normalized spacial score (nSPS) is 10.0. The van der Waals surface area contributed by atoms with E-state index in [1.165, 1.54) is 0 Å². The number of pyridine rings is 1. The van der Waals surface area contributed by atoms with Gasteiger partial charge in [0.15, 0.2) is 0 Å². The molecule has 0 atom stereocenters. The molecule has 0 aliphatic heterocycles. The Morgan fingerprint density at radius 3 is 2.65 bits per heavy atom. The van der Waals surface area contributed by atoms with Crippen LogP contribution in [0.1, 0.15) is 27.2 Å². The van der Waals surface area contributed by atoms with Gasteiger partial charge in [-0.05, 0) is 61.0 Å². The van der Waals surface area contributed by atoms with Crippen LogP contribution in [0.5, 0.6) is 5.75 Å². The highest BCUT2D eigenvalue weighted by Crippen LogP contribution is 2.19. The van der Waals surface area contributed by atoms with Gasteiger partial charge in [0.25, 0.3) is 5.91 Å². The molecule has 3 rings (SSSR count). The number of carbonyl (C=O) groups excluding carboxylic acids is 1. The average molecular weight is 343 g/mol. The molecule has 0 aliphatic carbocycles. The van der Waals surface area contributed by atoms with Gasteiger partial charge in [-0.25, -0.2) is 0 Å². The highest BCUT2D eigenvalue weighted by Gasteiger charge is 2.09. The van der Waals surface area contributed by atoms with Crippen LogP contribution in [-0.4, -0.2) is 10.9 Å². The molecular weight excluding hydrogens is 326 g/mol. The van der Waals surface area contributed by atoms with Crippen molar-refractivity contribution in [3.8, 4) is 11.8 Å². The van der Waals surface area contributed by atoms with Crippen LogP contribution in [0.15, 0.2) is 66.9 Å². The van der Waals surface area contributed by atoms with Gasteiger partial charge in [-0.1, -0.05) is 12.1 Å². The molecule has 128 valence electrons. The Bertz CT molecular complexity index is 945. The van der Waals surface area contributed by atoms with E-state index in [9.17, 15) is 4.79 Å². The van der Waals surface area contributed by atoms with Gasteiger partial charge in [0.1, 0.15) is 12.4 Å². The van der Waals surface area contributed by atoms with E-state index in [1.807, 2.05) is 31.2 Å². The fourth-order valence-electron chi connectivity index (χ4n) is 2.36. The van der Waals surface area contributed by atoms with Crippen molar-refractivity contribution in [2.75, 3.05) is 5.32 Å². The Balaban J connectivity index is 1.65. The lowest BCUT2D eigenvalue weighted by Gasteiger charge is -2.10. The third kappa shape index (κ3) is 4.25. The summed E-state index contributed by atoms with van der Waals surface area (Å²) in [5, 5.41) is 11.8. The summed E-state index contributed by atoms with van der Waals surface area (Å²) in [4.78, 5) is 16.6. The lowest BCUT2D eigenvalue weighted by Crippen LogP contribution is -2.12. The number of nitrogens with zero attached hydrogens (tertiary/aromatic N) is 2. The van der Waals surface area contributed by atoms with Crippen molar-refractivity contribution in [1.29, 1.82) is 5.26 Å². The first-order valence-electron chi connectivity index (χ1n) is 8.10. The lowest BCUT2D eigenvalue weighted by atomic mass is 10.1. The predicted octanol–water partition coefficient (Wildman–Crippen LogP) is 4.09. The molecule has 0 radical (unpaired) electrons. The SMILES string of the molecule is Cc1ccc(C#N)cc1NC(=O)c1ccc(OCc2ccccn2)cc1. The van der Waals surface area contributed by atoms with Crippen LogP contribution < -0.4 is 10.1 Å². The molecule has 1 amide bonds. The zero-order valence-corrected chi connectivity index (χ0v) is 14.3. The van der Waals surface area contributed by atoms with Gasteiger partial charge in [0, 0.05) is 17.4 Å². The van der Waals surface area contributed by atoms with Crippen molar-refractivity contribution < 1.29 is 9.53 Å². The summed E-state index contributed by atoms with van der Waals surface area (Å²) in [6.07, 6.45) is 1.72. The summed E-state index contributed by atoms with van der Waals surface area (Å²) in [5.74, 6) is 0.425. The van der Waals surface area contributed by atoms with Crippen LogP contribution in [0, 0.1) is 18.3 Å². The smallest absolute Gasteiger partial charge is 0.255 e. The highest BCUT2D eigenvalue weighted by molar-refractivity contribution is 6.04. The van der Waals surface area contributed by atoms with Gasteiger partial charge in [0.05, 0.1) is 17.3 Å². The number of hydrogen-bond donors (Lipinski definition) is 1. The van der Waals surface area contributed by atoms with Crippen molar-refractivity contribution >= 4 is 11.6 Å². The van der Waals surface area contributed by atoms with Crippen LogP contribution in [0.3, 0.4) is 0 Å². The number of rotatable bonds is 5. The minimum absolute atomic E-state index is 0.237. The monoisotopic (exact) mass is 343 g/mol. The van der Waals surface area contributed by atoms with Crippen LogP contribution in [0.2, 0.25) is 0 Å². The summed E-state index contributed by atoms with van der Waals surface area (Å²) in [6, 6.07) is 19.8. The van der Waals surface area contributed by atoms with Crippen LogP contribution >= 0.6 is 0 Å². The molecule has 0 unspecified atom stereocenters. The molecule has 2 aromatic carbocycles. The van der Waals surface area contributed by atoms with Crippen molar-refractivity contribution in [2.24, 2.45) is 0 Å². The summed E-state index contributed by atoms with van der Waals surface area (Å²) >= 11 is 0. The van der Waals surface area contributed by atoms with Gasteiger partial charge < -0.3 is 10.1 Å². The summed E-state index contributed by atoms with van der Waals surface area (Å²) < 4.78 is 5.66. The van der Waals surface area contributed by atoms with E-state index in [0.717, 1.165) is 11.3 Å². The molecule has 1 heterocycles. The molecule has 1 aromatic heterocycles. The second-order valence-electron chi connectivity index (χ2n) is 5.73. The molecule has 0 spiro atoms. The number of amides is 1. The molecule has 0 fully saturated rings. The van der Waals surface area contributed by atoms with Gasteiger partial charge in [0.2, 0.25) is 0 Å². The largest absolute Gasteiger partial charge is 0.487 e. The van der Waals surface area contributed by atoms with Crippen LogP contribution in [0.25, 0.3) is 0 Å². The molecule has 1 N–H and O–H groups in total. The van der Waals surface area contributed by atoms with Crippen molar-refractivity contribution in [3.05, 3.63) is 89.2 Å². The number of nitriles is 1. The van der Waals surface area contributed by atoms with E-state index >= 15 is 0 Å². The molecule has 0 saturated carbocycles. The number of aromatic nitrogens is 1. The number of anilines is 1. The fraction of sp³-hybridized carbons (Fsp3) is 0.0952. The van der Waals surface area contributed by atoms with Gasteiger partial charge in [-0.15, -0.1) is 0 Å². The zero-order chi connectivity index (χ0) is 18.4. The number of ether oxygens (including phenoxy) is 1. The van der Waals surface area contributed by atoms with E-state index in [0.29, 0.717) is 29.2 Å². The maximum absolute atomic E-state index is 12.4. The maximum Gasteiger partial charge on any atom is 0.255 e. The Hall–Kier alpha value is -3.65. The predicted molar refractivity (Wildman–Crippen MR) is 98.9 cm³/mol. The standard InChI is InChI=1S/C21H17N3O2/c1-15-5-6-16(13-22)12-20(15)24-21(25)17-7-9-19(10-8-17)26-14-18-4-2-3-11-23-18/h2-12H,14H2,1H3,(H,24,25). The van der Waals surface area contributed by atoms with Crippen LogP contribution in [0.4, 0.5) is 5.69 Å². The Kier molecular flexibility index (Phi) is 5.25. The molecular formula is C21H17N3O2. The number of nitrogens with one attached hydrogen (secondary N) is 1. The molecule has 26 heavy (non-hydrogen) atoms. The lowest BCUT2D eigenvalue weighted by molar-refractivity contribution is 0.102. The van der Waals surface area contributed by atoms with Gasteiger partial charge in [-0.3, -0.25) is 9.78 Å². The van der Waals surface area contributed by atoms with E-state index in [2.05, 4.69) is 16.4 Å². The number of benzene rings is 2. The Morgan fingerprint density at radius 2 is 1.96 bits per heavy atom. The second kappa shape index (κ2) is 7.95. The highest BCUT2D eigenvalue weighted by atomic mass is 16.5. The van der Waals surface area contributed by atoms with Crippen molar-refractivity contribution in [3.63, 3.8) is 0 Å². The third-order valence-electron chi connectivity index (χ3n) is 3.84. The molecule has 3 aromatic rings. The fourth-order valence-corrected chi connectivity index (χ4v) is 2.36. The van der Waals surface area contributed by atoms with Gasteiger partial charge >= 0.3 is 0 Å². The Morgan fingerprint density at radius 1 is 1.15 bits per heavy atom. The minimum atomic E-state index is -0.237. The zero-order valence-electron chi connectivity index (χ0n) is 14.3. The van der Waals surface area contributed by atoms with E-state index in [4.69, 9.17) is 10.00 Å². The molecule has 5 heteroatoms. The quantitative estimate of drug-likeness (QED) is 0.757. The first-order chi connectivity index (χ1) is 12.7. The molecule has 0 saturated heterocycles. The van der Waals surface area contributed by atoms with Crippen molar-refractivity contribution in [1.82, 2.24) is 4.98 Å². The molecule has 5 nitrogen and oxygen atoms in total. The maximum atomic E-state index is 12.4. The second-order valence-corrected chi connectivity index (χ2v) is 5.73. The minimum Gasteiger partial charge on any atom is -0.487 e. The van der Waals surface area contributed by atoms with E-state index in [1.54, 1.807) is 42.6 Å². The van der Waals surface area contributed by atoms with Crippen molar-refractivity contribution in [2.45, 2.75) is 13.5 Å². The average Bonchev–Trinajstić information content (AvgIpc) is 2.69. The summed E-state index contributed by atoms with van der Waals surface area (Å²) in [6.45, 7) is 2.25. The first kappa shape index (κ1) is 17.2. The number of aryl methyl sites for hydroxylation is 1. The third-order valence-corrected chi connectivity index (χ3v) is 3.84. The molecule has 0 bridgehead atoms. The summed E-state index contributed by atoms with van der Waals surface area (Å²) in [7, 11) is 0. The van der Waals surface area contributed by atoms with E-state index in [-0.39, 0.29) is 5.91 Å². The van der Waals surface area contributed by atoms with Gasteiger partial charge in [-0.2, -0.15) is 5.26 Å². The number of carbonyl (C=O) groups is 1. The molecule has 0 aliphatic rings. The first-order valence-corrected chi connectivity index (χ1v) is 8.10. The van der Waals surface area contributed by atoms with Crippen LogP contribution in [-0.2, 0) is 6.61 Å². The summed E-state index contributed by atoms with van der Waals surface area (Å²) in [5.41, 5.74) is 3.38.